The lowest BCUT2D eigenvalue weighted by molar-refractivity contribution is 0.0941. The van der Waals surface area contributed by atoms with Gasteiger partial charge >= 0.3 is 0 Å². The highest BCUT2D eigenvalue weighted by Gasteiger charge is 2.17. The Labute approximate surface area is 144 Å². The van der Waals surface area contributed by atoms with E-state index in [1.165, 1.54) is 0 Å². The molecule has 1 aromatic carbocycles. The number of carbonyl (C=O) groups excluding carboxylic acids is 1. The van der Waals surface area contributed by atoms with Crippen molar-refractivity contribution < 1.29 is 4.79 Å². The minimum Gasteiger partial charge on any atom is -0.370 e. The zero-order chi connectivity index (χ0) is 17.7. The van der Waals surface area contributed by atoms with E-state index >= 15 is 0 Å². The predicted molar refractivity (Wildman–Crippen MR) is 98.6 cm³/mol. The maximum Gasteiger partial charge on any atom is 0.269 e. The highest BCUT2D eigenvalue weighted by Crippen LogP contribution is 2.15. The van der Waals surface area contributed by atoms with Crippen molar-refractivity contribution in [1.29, 1.82) is 0 Å². The van der Waals surface area contributed by atoms with Crippen LogP contribution in [0.2, 0.25) is 0 Å². The first-order valence-corrected chi connectivity index (χ1v) is 8.57. The summed E-state index contributed by atoms with van der Waals surface area (Å²) < 4.78 is 1.77. The molecule has 5 heteroatoms. The molecule has 1 atom stereocenters. The number of nitrogens with zero attached hydrogens (tertiary/aromatic N) is 3. The van der Waals surface area contributed by atoms with Crippen LogP contribution in [0.15, 0.2) is 36.4 Å². The first kappa shape index (κ1) is 18.0. The SMILES string of the molecule is CCn1nc(C(C)C)cc1C(=O)NC[C@H](C)N(C)c1ccccc1. The minimum atomic E-state index is -0.0652. The summed E-state index contributed by atoms with van der Waals surface area (Å²) >= 11 is 0. The molecule has 0 aliphatic heterocycles. The third-order valence-corrected chi connectivity index (χ3v) is 4.31. The van der Waals surface area contributed by atoms with E-state index in [2.05, 4.69) is 48.2 Å². The lowest BCUT2D eigenvalue weighted by atomic mass is 10.1. The summed E-state index contributed by atoms with van der Waals surface area (Å²) in [6.45, 7) is 9.54. The van der Waals surface area contributed by atoms with Crippen LogP contribution < -0.4 is 10.2 Å². The summed E-state index contributed by atoms with van der Waals surface area (Å²) in [5.41, 5.74) is 2.73. The van der Waals surface area contributed by atoms with Crippen LogP contribution in [0.1, 0.15) is 49.8 Å². The number of benzene rings is 1. The van der Waals surface area contributed by atoms with Crippen LogP contribution in [-0.2, 0) is 6.54 Å². The van der Waals surface area contributed by atoms with Crippen molar-refractivity contribution in [2.75, 3.05) is 18.5 Å². The Morgan fingerprint density at radius 2 is 1.92 bits per heavy atom. The van der Waals surface area contributed by atoms with Crippen LogP contribution >= 0.6 is 0 Å². The molecule has 2 aromatic rings. The topological polar surface area (TPSA) is 50.2 Å². The van der Waals surface area contributed by atoms with Gasteiger partial charge in [0.1, 0.15) is 5.69 Å². The average molecular weight is 328 g/mol. The van der Waals surface area contributed by atoms with Crippen LogP contribution in [0.3, 0.4) is 0 Å². The molecule has 2 rings (SSSR count). The lowest BCUT2D eigenvalue weighted by Crippen LogP contribution is -2.40. The second-order valence-electron chi connectivity index (χ2n) is 6.43. The summed E-state index contributed by atoms with van der Waals surface area (Å²) in [7, 11) is 2.04. The molecule has 1 heterocycles. The Morgan fingerprint density at radius 1 is 1.25 bits per heavy atom. The van der Waals surface area contributed by atoms with Gasteiger partial charge in [0, 0.05) is 31.9 Å². The van der Waals surface area contributed by atoms with E-state index in [0.717, 1.165) is 11.4 Å². The normalized spacial score (nSPS) is 12.2. The number of aromatic nitrogens is 2. The average Bonchev–Trinajstić information content (AvgIpc) is 3.04. The summed E-state index contributed by atoms with van der Waals surface area (Å²) in [6.07, 6.45) is 0. The van der Waals surface area contributed by atoms with Gasteiger partial charge in [-0.05, 0) is 38.0 Å². The molecular weight excluding hydrogens is 300 g/mol. The van der Waals surface area contributed by atoms with E-state index in [1.54, 1.807) is 4.68 Å². The van der Waals surface area contributed by atoms with Crippen molar-refractivity contribution in [3.05, 3.63) is 47.8 Å². The number of carbonyl (C=O) groups is 1. The molecule has 0 spiro atoms. The fourth-order valence-electron chi connectivity index (χ4n) is 2.53. The van der Waals surface area contributed by atoms with E-state index < -0.39 is 0 Å². The van der Waals surface area contributed by atoms with Crippen LogP contribution in [0.25, 0.3) is 0 Å². The fourth-order valence-corrected chi connectivity index (χ4v) is 2.53. The van der Waals surface area contributed by atoms with Gasteiger partial charge in [-0.15, -0.1) is 0 Å². The minimum absolute atomic E-state index is 0.0652. The Kier molecular flexibility index (Phi) is 6.01. The standard InChI is InChI=1S/C19H28N4O/c1-6-23-18(12-17(21-23)14(2)3)19(24)20-13-15(4)22(5)16-10-8-7-9-11-16/h7-12,14-15H,6,13H2,1-5H3,(H,20,24)/t15-/m0/s1. The molecule has 0 unspecified atom stereocenters. The first-order chi connectivity index (χ1) is 11.4. The Morgan fingerprint density at radius 3 is 2.50 bits per heavy atom. The molecular formula is C19H28N4O. The molecule has 5 nitrogen and oxygen atoms in total. The maximum atomic E-state index is 12.5. The number of para-hydroxylation sites is 1. The van der Waals surface area contributed by atoms with Crippen molar-refractivity contribution in [2.45, 2.75) is 46.2 Å². The van der Waals surface area contributed by atoms with Gasteiger partial charge in [-0.1, -0.05) is 32.0 Å². The van der Waals surface area contributed by atoms with E-state index in [-0.39, 0.29) is 11.9 Å². The van der Waals surface area contributed by atoms with Gasteiger partial charge in [0.2, 0.25) is 0 Å². The van der Waals surface area contributed by atoms with Gasteiger partial charge in [-0.2, -0.15) is 5.10 Å². The lowest BCUT2D eigenvalue weighted by Gasteiger charge is -2.27. The summed E-state index contributed by atoms with van der Waals surface area (Å²) in [6, 6.07) is 12.3. The van der Waals surface area contributed by atoms with E-state index in [1.807, 2.05) is 38.2 Å². The number of amides is 1. The number of anilines is 1. The molecule has 1 amide bonds. The number of hydrogen-bond acceptors (Lipinski definition) is 3. The van der Waals surface area contributed by atoms with Crippen molar-refractivity contribution in [3.63, 3.8) is 0 Å². The smallest absolute Gasteiger partial charge is 0.269 e. The summed E-state index contributed by atoms with van der Waals surface area (Å²) in [5.74, 6) is 0.247. The fraction of sp³-hybridized carbons (Fsp3) is 0.474. The summed E-state index contributed by atoms with van der Waals surface area (Å²) in [4.78, 5) is 14.7. The number of aryl methyl sites for hydroxylation is 1. The van der Waals surface area contributed by atoms with Gasteiger partial charge in [0.05, 0.1) is 5.69 Å². The van der Waals surface area contributed by atoms with E-state index in [9.17, 15) is 4.79 Å². The van der Waals surface area contributed by atoms with Crippen molar-refractivity contribution in [2.24, 2.45) is 0 Å². The quantitative estimate of drug-likeness (QED) is 0.848. The molecule has 0 aliphatic rings. The van der Waals surface area contributed by atoms with Gasteiger partial charge in [-0.25, -0.2) is 0 Å². The van der Waals surface area contributed by atoms with Crippen molar-refractivity contribution in [3.8, 4) is 0 Å². The maximum absolute atomic E-state index is 12.5. The molecule has 1 N–H and O–H groups in total. The van der Waals surface area contributed by atoms with Crippen LogP contribution in [0.4, 0.5) is 5.69 Å². The van der Waals surface area contributed by atoms with Gasteiger partial charge < -0.3 is 10.2 Å². The zero-order valence-corrected chi connectivity index (χ0v) is 15.3. The van der Waals surface area contributed by atoms with Gasteiger partial charge in [0.25, 0.3) is 5.91 Å². The summed E-state index contributed by atoms with van der Waals surface area (Å²) in [5, 5.41) is 7.54. The Bertz CT molecular complexity index is 663. The molecule has 0 aliphatic carbocycles. The third kappa shape index (κ3) is 4.16. The Balaban J connectivity index is 2.00. The highest BCUT2D eigenvalue weighted by molar-refractivity contribution is 5.92. The largest absolute Gasteiger partial charge is 0.370 e. The predicted octanol–water partition coefficient (Wildman–Crippen LogP) is 3.28. The molecule has 0 radical (unpaired) electrons. The second-order valence-corrected chi connectivity index (χ2v) is 6.43. The number of likely N-dealkylation sites (N-methyl/N-ethyl adjacent to an activating group) is 1. The van der Waals surface area contributed by atoms with E-state index in [0.29, 0.717) is 24.7 Å². The van der Waals surface area contributed by atoms with Crippen molar-refractivity contribution >= 4 is 11.6 Å². The first-order valence-electron chi connectivity index (χ1n) is 8.57. The van der Waals surface area contributed by atoms with Crippen molar-refractivity contribution in [1.82, 2.24) is 15.1 Å². The van der Waals surface area contributed by atoms with Crippen LogP contribution in [0.5, 0.6) is 0 Å². The van der Waals surface area contributed by atoms with Crippen LogP contribution in [0, 0.1) is 0 Å². The Hall–Kier alpha value is -2.30. The molecule has 1 aromatic heterocycles. The molecule has 24 heavy (non-hydrogen) atoms. The molecule has 0 saturated heterocycles. The molecule has 130 valence electrons. The highest BCUT2D eigenvalue weighted by atomic mass is 16.2. The second kappa shape index (κ2) is 7.99. The van der Waals surface area contributed by atoms with Gasteiger partial charge in [0.15, 0.2) is 0 Å². The van der Waals surface area contributed by atoms with E-state index in [4.69, 9.17) is 0 Å². The van der Waals surface area contributed by atoms with Crippen LogP contribution in [-0.4, -0.2) is 35.3 Å². The third-order valence-electron chi connectivity index (χ3n) is 4.31. The monoisotopic (exact) mass is 328 g/mol. The molecule has 0 fully saturated rings. The molecule has 0 bridgehead atoms. The number of nitrogens with one attached hydrogen (secondary N) is 1. The number of hydrogen-bond donors (Lipinski definition) is 1. The molecule has 0 saturated carbocycles. The van der Waals surface area contributed by atoms with Gasteiger partial charge in [-0.3, -0.25) is 9.48 Å². The zero-order valence-electron chi connectivity index (χ0n) is 15.3. The number of rotatable bonds is 7.